The van der Waals surface area contributed by atoms with Crippen molar-refractivity contribution in [2.24, 2.45) is 0 Å². The van der Waals surface area contributed by atoms with Gasteiger partial charge in [-0.25, -0.2) is 4.39 Å². The smallest absolute Gasteiger partial charge is 0.258 e. The third-order valence-electron chi connectivity index (χ3n) is 1.55. The minimum absolute atomic E-state index is 0.475. The van der Waals surface area contributed by atoms with Gasteiger partial charge in [-0.2, -0.15) is 13.2 Å². The molecule has 3 nitrogen and oxygen atoms in total. The monoisotopic (exact) mass is 287 g/mol. The first-order chi connectivity index (χ1) is 6.75. The van der Waals surface area contributed by atoms with Crippen LogP contribution in [-0.4, -0.2) is 4.92 Å². The molecule has 0 bridgehead atoms. The Kier molecular flexibility index (Phi) is 2.98. The number of alkyl halides is 3. The van der Waals surface area contributed by atoms with Crippen LogP contribution < -0.4 is 0 Å². The van der Waals surface area contributed by atoms with Crippen LogP contribution in [0.25, 0.3) is 0 Å². The van der Waals surface area contributed by atoms with Crippen molar-refractivity contribution in [2.75, 3.05) is 0 Å². The lowest BCUT2D eigenvalue weighted by atomic mass is 10.1. The van der Waals surface area contributed by atoms with Gasteiger partial charge < -0.3 is 0 Å². The molecule has 0 unspecified atom stereocenters. The van der Waals surface area contributed by atoms with Crippen LogP contribution in [0.3, 0.4) is 0 Å². The number of rotatable bonds is 1. The summed E-state index contributed by atoms with van der Waals surface area (Å²) in [5.41, 5.74) is -2.80. The third kappa shape index (κ3) is 2.25. The van der Waals surface area contributed by atoms with Crippen molar-refractivity contribution in [2.45, 2.75) is 6.18 Å². The Hall–Kier alpha value is -1.18. The van der Waals surface area contributed by atoms with Crippen molar-refractivity contribution in [3.05, 3.63) is 38.1 Å². The fourth-order valence-corrected chi connectivity index (χ4v) is 1.52. The molecule has 82 valence electrons. The zero-order valence-corrected chi connectivity index (χ0v) is 8.39. The van der Waals surface area contributed by atoms with Gasteiger partial charge in [-0.15, -0.1) is 0 Å². The summed E-state index contributed by atoms with van der Waals surface area (Å²) in [6, 6.07) is 1.07. The average Bonchev–Trinajstić information content (AvgIpc) is 2.06. The molecular formula is C7H2BrF4NO2. The number of benzene rings is 1. The number of halogens is 5. The molecule has 0 atom stereocenters. The molecule has 0 aromatic heterocycles. The number of hydrogen-bond acceptors (Lipinski definition) is 2. The second-order valence-corrected chi connectivity index (χ2v) is 3.30. The van der Waals surface area contributed by atoms with Crippen LogP contribution in [0.4, 0.5) is 23.2 Å². The molecule has 8 heteroatoms. The average molecular weight is 288 g/mol. The quantitative estimate of drug-likeness (QED) is 0.451. The molecule has 0 fully saturated rings. The van der Waals surface area contributed by atoms with Gasteiger partial charge in [-0.05, 0) is 22.0 Å². The molecule has 0 aliphatic rings. The first-order valence-corrected chi connectivity index (χ1v) is 4.24. The number of nitro benzene ring substituents is 1. The number of hydrogen-bond donors (Lipinski definition) is 0. The van der Waals surface area contributed by atoms with Crippen molar-refractivity contribution in [1.29, 1.82) is 0 Å². The molecule has 0 amide bonds. The van der Waals surface area contributed by atoms with Crippen LogP contribution in [0.15, 0.2) is 16.6 Å². The van der Waals surface area contributed by atoms with E-state index >= 15 is 0 Å². The number of nitro groups is 1. The molecule has 0 saturated heterocycles. The Balaban J connectivity index is 3.57. The summed E-state index contributed by atoms with van der Waals surface area (Å²) in [4.78, 5) is 9.08. The van der Waals surface area contributed by atoms with Gasteiger partial charge in [0.05, 0.1) is 9.40 Å². The zero-order valence-electron chi connectivity index (χ0n) is 6.81. The normalized spacial score (nSPS) is 11.5. The van der Waals surface area contributed by atoms with E-state index in [-0.39, 0.29) is 0 Å². The van der Waals surface area contributed by atoms with E-state index in [2.05, 4.69) is 15.9 Å². The molecule has 1 aromatic rings. The molecule has 0 saturated carbocycles. The first kappa shape index (κ1) is 11.9. The predicted molar refractivity (Wildman–Crippen MR) is 45.8 cm³/mol. The molecule has 0 spiro atoms. The second-order valence-electron chi connectivity index (χ2n) is 2.51. The van der Waals surface area contributed by atoms with Crippen molar-refractivity contribution in [1.82, 2.24) is 0 Å². The summed E-state index contributed by atoms with van der Waals surface area (Å²) in [5.74, 6) is -1.20. The van der Waals surface area contributed by atoms with E-state index < -0.39 is 32.6 Å². The highest BCUT2D eigenvalue weighted by Gasteiger charge is 2.41. The molecule has 0 radical (unpaired) electrons. The van der Waals surface area contributed by atoms with E-state index in [4.69, 9.17) is 0 Å². The standard InChI is InChI=1S/C7H2BrF4NO2/c8-6-3(9)1-2-4(13(14)15)5(6)7(10,11)12/h1-2H. The lowest BCUT2D eigenvalue weighted by molar-refractivity contribution is -0.388. The van der Waals surface area contributed by atoms with Crippen molar-refractivity contribution >= 4 is 21.6 Å². The van der Waals surface area contributed by atoms with Gasteiger partial charge in [-0.1, -0.05) is 0 Å². The summed E-state index contributed by atoms with van der Waals surface area (Å²) in [6.45, 7) is 0. The summed E-state index contributed by atoms with van der Waals surface area (Å²) in [7, 11) is 0. The Morgan fingerprint density at radius 3 is 2.27 bits per heavy atom. The van der Waals surface area contributed by atoms with Crippen LogP contribution in [-0.2, 0) is 6.18 Å². The highest BCUT2D eigenvalue weighted by atomic mass is 79.9. The summed E-state index contributed by atoms with van der Waals surface area (Å²) >= 11 is 2.34. The van der Waals surface area contributed by atoms with Crippen LogP contribution >= 0.6 is 15.9 Å². The van der Waals surface area contributed by atoms with Gasteiger partial charge in [0.2, 0.25) is 0 Å². The van der Waals surface area contributed by atoms with Gasteiger partial charge in [0.25, 0.3) is 5.69 Å². The summed E-state index contributed by atoms with van der Waals surface area (Å²) in [6.07, 6.45) is -4.98. The SMILES string of the molecule is O=[N+]([O-])c1ccc(F)c(Br)c1C(F)(F)F. The Bertz CT molecular complexity index is 418. The highest BCUT2D eigenvalue weighted by molar-refractivity contribution is 9.10. The maximum Gasteiger partial charge on any atom is 0.424 e. The Morgan fingerprint density at radius 2 is 1.87 bits per heavy atom. The van der Waals surface area contributed by atoms with E-state index in [0.29, 0.717) is 12.1 Å². The van der Waals surface area contributed by atoms with Gasteiger partial charge in [-0.3, -0.25) is 10.1 Å². The maximum absolute atomic E-state index is 12.8. The largest absolute Gasteiger partial charge is 0.424 e. The van der Waals surface area contributed by atoms with Gasteiger partial charge in [0.1, 0.15) is 5.82 Å². The van der Waals surface area contributed by atoms with Crippen LogP contribution in [0, 0.1) is 15.9 Å². The lowest BCUT2D eigenvalue weighted by Crippen LogP contribution is -2.10. The highest BCUT2D eigenvalue weighted by Crippen LogP contribution is 2.41. The first-order valence-electron chi connectivity index (χ1n) is 3.44. The van der Waals surface area contributed by atoms with Crippen molar-refractivity contribution in [3.63, 3.8) is 0 Å². The molecule has 1 rings (SSSR count). The van der Waals surface area contributed by atoms with E-state index in [0.717, 1.165) is 0 Å². The lowest BCUT2D eigenvalue weighted by Gasteiger charge is -2.09. The van der Waals surface area contributed by atoms with E-state index in [9.17, 15) is 27.7 Å². The molecule has 0 aliphatic heterocycles. The molecule has 15 heavy (non-hydrogen) atoms. The molecule has 0 heterocycles. The molecular weight excluding hydrogens is 286 g/mol. The van der Waals surface area contributed by atoms with Crippen LogP contribution in [0.2, 0.25) is 0 Å². The van der Waals surface area contributed by atoms with Gasteiger partial charge >= 0.3 is 6.18 Å². The summed E-state index contributed by atoms with van der Waals surface area (Å²) < 4.78 is 48.9. The van der Waals surface area contributed by atoms with Gasteiger partial charge in [0, 0.05) is 6.07 Å². The third-order valence-corrected chi connectivity index (χ3v) is 2.33. The van der Waals surface area contributed by atoms with E-state index in [1.165, 1.54) is 0 Å². The van der Waals surface area contributed by atoms with Gasteiger partial charge in [0.15, 0.2) is 5.56 Å². The Morgan fingerprint density at radius 1 is 1.33 bits per heavy atom. The second kappa shape index (κ2) is 3.76. The van der Waals surface area contributed by atoms with Crippen LogP contribution in [0.5, 0.6) is 0 Å². The van der Waals surface area contributed by atoms with Crippen molar-refractivity contribution in [3.8, 4) is 0 Å². The minimum atomic E-state index is -4.98. The van der Waals surface area contributed by atoms with Crippen molar-refractivity contribution < 1.29 is 22.5 Å². The molecule has 1 aromatic carbocycles. The fourth-order valence-electron chi connectivity index (χ4n) is 0.962. The minimum Gasteiger partial charge on any atom is -0.258 e. The molecule has 0 N–H and O–H groups in total. The number of nitrogens with zero attached hydrogens (tertiary/aromatic N) is 1. The Labute approximate surface area is 89.0 Å². The zero-order chi connectivity index (χ0) is 11.8. The summed E-state index contributed by atoms with van der Waals surface area (Å²) in [5, 5.41) is 10.3. The topological polar surface area (TPSA) is 43.1 Å². The fraction of sp³-hybridized carbons (Fsp3) is 0.143. The van der Waals surface area contributed by atoms with E-state index in [1.807, 2.05) is 0 Å². The van der Waals surface area contributed by atoms with E-state index in [1.54, 1.807) is 0 Å². The molecule has 0 aliphatic carbocycles. The predicted octanol–water partition coefficient (Wildman–Crippen LogP) is 3.52. The maximum atomic E-state index is 12.8. The van der Waals surface area contributed by atoms with Crippen LogP contribution in [0.1, 0.15) is 5.56 Å².